The summed E-state index contributed by atoms with van der Waals surface area (Å²) in [6.07, 6.45) is 0. The van der Waals surface area contributed by atoms with E-state index in [-0.39, 0.29) is 0 Å². The quantitative estimate of drug-likeness (QED) is 0.186. The molecule has 0 spiro atoms. The van der Waals surface area contributed by atoms with Gasteiger partial charge in [0, 0.05) is 43.4 Å². The van der Waals surface area contributed by atoms with Crippen molar-refractivity contribution in [3.05, 3.63) is 176 Å². The van der Waals surface area contributed by atoms with E-state index < -0.39 is 0 Å². The van der Waals surface area contributed by atoms with Crippen LogP contribution in [0.3, 0.4) is 0 Å². The Kier molecular flexibility index (Phi) is 5.38. The minimum atomic E-state index is 1.15. The maximum Gasteiger partial charge on any atom is 0.0562 e. The van der Waals surface area contributed by atoms with E-state index in [1.807, 2.05) is 0 Å². The second-order valence-electron chi connectivity index (χ2n) is 12.9. The maximum atomic E-state index is 2.45. The summed E-state index contributed by atoms with van der Waals surface area (Å²) in [5.41, 5.74) is 10.8. The Hall–Kier alpha value is -6.58. The van der Waals surface area contributed by atoms with E-state index in [1.165, 1.54) is 87.6 Å². The van der Waals surface area contributed by atoms with Gasteiger partial charge in [0.15, 0.2) is 0 Å². The Labute approximate surface area is 282 Å². The van der Waals surface area contributed by atoms with Gasteiger partial charge in [-0.05, 0) is 66.0 Å². The van der Waals surface area contributed by atoms with Gasteiger partial charge in [-0.3, -0.25) is 0 Å². The summed E-state index contributed by atoms with van der Waals surface area (Å²) in [5.74, 6) is 0. The van der Waals surface area contributed by atoms with Gasteiger partial charge in [-0.1, -0.05) is 115 Å². The van der Waals surface area contributed by atoms with Crippen molar-refractivity contribution in [3.8, 4) is 17.1 Å². The average molecular weight is 624 g/mol. The first-order chi connectivity index (χ1) is 24.3. The van der Waals surface area contributed by atoms with Gasteiger partial charge < -0.3 is 13.7 Å². The first kappa shape index (κ1) is 26.5. The van der Waals surface area contributed by atoms with Crippen molar-refractivity contribution in [3.63, 3.8) is 0 Å². The van der Waals surface area contributed by atoms with E-state index in [4.69, 9.17) is 0 Å². The number of nitrogens with zero attached hydrogens (tertiary/aromatic N) is 3. The number of aromatic nitrogens is 3. The first-order valence-corrected chi connectivity index (χ1v) is 16.9. The molecule has 0 radical (unpaired) electrons. The van der Waals surface area contributed by atoms with Crippen LogP contribution in [0.4, 0.5) is 0 Å². The van der Waals surface area contributed by atoms with Crippen LogP contribution in [-0.2, 0) is 0 Å². The summed E-state index contributed by atoms with van der Waals surface area (Å²) < 4.78 is 7.33. The van der Waals surface area contributed by atoms with Crippen LogP contribution in [0.15, 0.2) is 176 Å². The third kappa shape index (κ3) is 3.62. The lowest BCUT2D eigenvalue weighted by Crippen LogP contribution is -1.97. The third-order valence-electron chi connectivity index (χ3n) is 10.4. The highest BCUT2D eigenvalue weighted by Gasteiger charge is 2.20. The highest BCUT2D eigenvalue weighted by Crippen LogP contribution is 2.41. The first-order valence-electron chi connectivity index (χ1n) is 16.9. The van der Waals surface area contributed by atoms with Gasteiger partial charge in [0.1, 0.15) is 0 Å². The standard InChI is InChI=1S/C46H29N3/c1-2-15-32-30(13-1)14-11-24-38(32)48-41-22-9-5-18-35(41)37-29-31(27-28-43(37)48)47-42-23-10-6-19-36(42)46-44(47)25-12-26-45(46)49-39-20-7-3-16-33(39)34-17-4-8-21-40(34)49/h1-29H. The normalized spacial score (nSPS) is 12.1. The largest absolute Gasteiger partial charge is 0.309 e. The molecule has 49 heavy (non-hydrogen) atoms. The van der Waals surface area contributed by atoms with Crippen LogP contribution >= 0.6 is 0 Å². The van der Waals surface area contributed by atoms with Crippen LogP contribution in [-0.4, -0.2) is 13.7 Å². The Morgan fingerprint density at radius 2 is 0.714 bits per heavy atom. The number of hydrogen-bond acceptors (Lipinski definition) is 0. The molecule has 0 unspecified atom stereocenters. The molecule has 11 rings (SSSR count). The molecule has 0 bridgehead atoms. The number of benzene rings is 8. The summed E-state index contributed by atoms with van der Waals surface area (Å²) in [6, 6.07) is 64.2. The van der Waals surface area contributed by atoms with Gasteiger partial charge in [0.05, 0.1) is 44.5 Å². The summed E-state index contributed by atoms with van der Waals surface area (Å²) in [5, 5.41) is 10.0. The third-order valence-corrected chi connectivity index (χ3v) is 10.4. The van der Waals surface area contributed by atoms with Crippen molar-refractivity contribution in [2.24, 2.45) is 0 Å². The molecule has 0 N–H and O–H groups in total. The Morgan fingerprint density at radius 1 is 0.265 bits per heavy atom. The second-order valence-corrected chi connectivity index (χ2v) is 12.9. The fourth-order valence-electron chi connectivity index (χ4n) is 8.41. The Morgan fingerprint density at radius 3 is 1.41 bits per heavy atom. The minimum Gasteiger partial charge on any atom is -0.309 e. The van der Waals surface area contributed by atoms with Gasteiger partial charge >= 0.3 is 0 Å². The summed E-state index contributed by atoms with van der Waals surface area (Å²) >= 11 is 0. The van der Waals surface area contributed by atoms with Crippen molar-refractivity contribution in [1.82, 2.24) is 13.7 Å². The van der Waals surface area contributed by atoms with Crippen LogP contribution in [0.1, 0.15) is 0 Å². The van der Waals surface area contributed by atoms with Gasteiger partial charge in [-0.15, -0.1) is 0 Å². The molecule has 3 heterocycles. The minimum absolute atomic E-state index is 1.15. The predicted octanol–water partition coefficient (Wildman–Crippen LogP) is 12.1. The predicted molar refractivity (Wildman–Crippen MR) is 207 cm³/mol. The molecule has 228 valence electrons. The van der Waals surface area contributed by atoms with Crippen LogP contribution in [0.5, 0.6) is 0 Å². The van der Waals surface area contributed by atoms with Crippen molar-refractivity contribution in [2.45, 2.75) is 0 Å². The molecule has 3 nitrogen and oxygen atoms in total. The molecule has 8 aromatic carbocycles. The van der Waals surface area contributed by atoms with Crippen molar-refractivity contribution in [1.29, 1.82) is 0 Å². The van der Waals surface area contributed by atoms with E-state index in [0.717, 1.165) is 5.69 Å². The van der Waals surface area contributed by atoms with Crippen molar-refractivity contribution in [2.75, 3.05) is 0 Å². The van der Waals surface area contributed by atoms with Crippen LogP contribution in [0.2, 0.25) is 0 Å². The van der Waals surface area contributed by atoms with Gasteiger partial charge in [0.2, 0.25) is 0 Å². The summed E-state index contributed by atoms with van der Waals surface area (Å²) in [7, 11) is 0. The lowest BCUT2D eigenvalue weighted by atomic mass is 10.1. The number of fused-ring (bicyclic) bond motifs is 10. The van der Waals surface area contributed by atoms with Crippen molar-refractivity contribution >= 4 is 76.2 Å². The average Bonchev–Trinajstić information content (AvgIpc) is 3.80. The molecule has 3 heteroatoms. The molecule has 0 saturated carbocycles. The molecule has 0 aliphatic heterocycles. The molecule has 0 fully saturated rings. The van der Waals surface area contributed by atoms with Gasteiger partial charge in [-0.25, -0.2) is 0 Å². The van der Waals surface area contributed by atoms with Crippen molar-refractivity contribution < 1.29 is 0 Å². The number of para-hydroxylation sites is 4. The molecule has 0 atom stereocenters. The zero-order valence-corrected chi connectivity index (χ0v) is 26.6. The highest BCUT2D eigenvalue weighted by molar-refractivity contribution is 6.17. The molecule has 3 aromatic heterocycles. The molecule has 0 aliphatic rings. The Balaban J connectivity index is 1.22. The van der Waals surface area contributed by atoms with Gasteiger partial charge in [-0.2, -0.15) is 0 Å². The van der Waals surface area contributed by atoms with Crippen LogP contribution in [0, 0.1) is 0 Å². The summed E-state index contributed by atoms with van der Waals surface area (Å²) in [6.45, 7) is 0. The molecule has 11 aromatic rings. The SMILES string of the molecule is c1ccc2c(-n3c4ccccc4c4cc(-n5c6ccccc6c6c(-n7c8ccccc8c8ccccc87)cccc65)ccc43)cccc2c1. The highest BCUT2D eigenvalue weighted by atomic mass is 15.0. The van der Waals surface area contributed by atoms with Gasteiger partial charge in [0.25, 0.3) is 0 Å². The zero-order chi connectivity index (χ0) is 32.1. The van der Waals surface area contributed by atoms with Crippen LogP contribution in [0.25, 0.3) is 93.3 Å². The van der Waals surface area contributed by atoms with Crippen LogP contribution < -0.4 is 0 Å². The fraction of sp³-hybridized carbons (Fsp3) is 0. The van der Waals surface area contributed by atoms with E-state index in [1.54, 1.807) is 0 Å². The lowest BCUT2D eigenvalue weighted by molar-refractivity contribution is 1.17. The molecular weight excluding hydrogens is 595 g/mol. The number of hydrogen-bond donors (Lipinski definition) is 0. The monoisotopic (exact) mass is 623 g/mol. The van der Waals surface area contributed by atoms with E-state index in [9.17, 15) is 0 Å². The summed E-state index contributed by atoms with van der Waals surface area (Å²) in [4.78, 5) is 0. The fourth-order valence-corrected chi connectivity index (χ4v) is 8.41. The van der Waals surface area contributed by atoms with E-state index >= 15 is 0 Å². The number of rotatable bonds is 3. The molecular formula is C46H29N3. The van der Waals surface area contributed by atoms with E-state index in [0.29, 0.717) is 0 Å². The van der Waals surface area contributed by atoms with E-state index in [2.05, 4.69) is 190 Å². The lowest BCUT2D eigenvalue weighted by Gasteiger charge is -2.13. The zero-order valence-electron chi connectivity index (χ0n) is 26.6. The molecule has 0 amide bonds. The topological polar surface area (TPSA) is 14.8 Å². The smallest absolute Gasteiger partial charge is 0.0562 e. The Bertz CT molecular complexity index is 3060. The maximum absolute atomic E-state index is 2.45. The molecule has 0 aliphatic carbocycles. The second kappa shape index (κ2) is 9.96. The molecule has 0 saturated heterocycles.